The van der Waals surface area contributed by atoms with Crippen molar-refractivity contribution >= 4 is 0 Å². The molecule has 2 saturated heterocycles. The van der Waals surface area contributed by atoms with Gasteiger partial charge in [0.05, 0.1) is 12.7 Å². The van der Waals surface area contributed by atoms with Crippen molar-refractivity contribution in [2.45, 2.75) is 74.8 Å². The molecule has 0 radical (unpaired) electrons. The van der Waals surface area contributed by atoms with Gasteiger partial charge in [0.1, 0.15) is 42.7 Å². The van der Waals surface area contributed by atoms with Crippen molar-refractivity contribution in [3.63, 3.8) is 0 Å². The minimum atomic E-state index is -1.66. The first-order chi connectivity index (χ1) is 15.1. The highest BCUT2D eigenvalue weighted by atomic mass is 16.7. The molecule has 10 atom stereocenters. The molecule has 180 valence electrons. The maximum absolute atomic E-state index is 10.3. The number of aliphatic hydroxyl groups excluding tert-OH is 6. The number of phenols is 1. The van der Waals surface area contributed by atoms with Crippen LogP contribution in [0.3, 0.4) is 0 Å². The molecular weight excluding hydrogens is 428 g/mol. The Bertz CT molecular complexity index is 774. The molecule has 1 aromatic rings. The zero-order valence-electron chi connectivity index (χ0n) is 17.5. The van der Waals surface area contributed by atoms with Crippen LogP contribution in [-0.2, 0) is 20.6 Å². The Kier molecular flexibility index (Phi) is 8.09. The number of hydrogen-bond donors (Lipinski definition) is 7. The Hall–Kier alpha value is -1.80. The van der Waals surface area contributed by atoms with Gasteiger partial charge in [-0.3, -0.25) is 0 Å². The first-order valence-corrected chi connectivity index (χ1v) is 10.2. The molecule has 0 spiro atoms. The number of allylic oxidation sites excluding steroid dienone is 1. The van der Waals surface area contributed by atoms with Crippen LogP contribution in [0.1, 0.15) is 12.5 Å². The minimum Gasteiger partial charge on any atom is -0.504 e. The molecule has 1 aromatic carbocycles. The molecule has 11 nitrogen and oxygen atoms in total. The SMILES string of the molecule is C=CCc1ccc(O[C@@H]2O[C@H](CO[C@@H]3O[C@H](C)[C@H](O)[C@@H](O)[C@H]3O)[C@@H](O)[C@H](O)[C@H]2O)c(O)c1. The Morgan fingerprint density at radius 3 is 2.22 bits per heavy atom. The van der Waals surface area contributed by atoms with Gasteiger partial charge in [-0.2, -0.15) is 0 Å². The highest BCUT2D eigenvalue weighted by Gasteiger charge is 2.47. The lowest BCUT2D eigenvalue weighted by atomic mass is 9.98. The maximum Gasteiger partial charge on any atom is 0.229 e. The lowest BCUT2D eigenvalue weighted by Crippen LogP contribution is -2.61. The standard InChI is InChI=1S/C21H30O11/c1-3-4-10-5-6-12(11(22)7-10)31-21-19(28)17(26)15(24)13(32-21)8-29-20-18(27)16(25)14(23)9(2)30-20/h3,5-7,9,13-28H,1,4,8H2,2H3/t9-,13-,14+,15-,16-,17+,18-,19-,20-,21-/m1/s1. The highest BCUT2D eigenvalue weighted by molar-refractivity contribution is 5.42. The van der Waals surface area contributed by atoms with Gasteiger partial charge in [-0.05, 0) is 31.0 Å². The van der Waals surface area contributed by atoms with Crippen LogP contribution < -0.4 is 4.74 Å². The Morgan fingerprint density at radius 2 is 1.56 bits per heavy atom. The van der Waals surface area contributed by atoms with Gasteiger partial charge in [0.25, 0.3) is 0 Å². The summed E-state index contributed by atoms with van der Waals surface area (Å²) in [6, 6.07) is 4.61. The Labute approximate surface area is 184 Å². The summed E-state index contributed by atoms with van der Waals surface area (Å²) in [4.78, 5) is 0. The van der Waals surface area contributed by atoms with Crippen molar-refractivity contribution < 1.29 is 54.7 Å². The van der Waals surface area contributed by atoms with E-state index < -0.39 is 68.0 Å². The molecule has 32 heavy (non-hydrogen) atoms. The number of phenolic OH excluding ortho intramolecular Hbond substituents is 1. The van der Waals surface area contributed by atoms with Crippen molar-refractivity contribution in [2.75, 3.05) is 6.61 Å². The van der Waals surface area contributed by atoms with Crippen LogP contribution in [0.4, 0.5) is 0 Å². The third kappa shape index (κ3) is 5.22. The van der Waals surface area contributed by atoms with E-state index in [2.05, 4.69) is 6.58 Å². The number of aromatic hydroxyl groups is 1. The van der Waals surface area contributed by atoms with Crippen LogP contribution in [0, 0.1) is 0 Å². The summed E-state index contributed by atoms with van der Waals surface area (Å²) in [5.74, 6) is -0.226. The van der Waals surface area contributed by atoms with Crippen LogP contribution >= 0.6 is 0 Å². The van der Waals surface area contributed by atoms with Crippen LogP contribution in [0.25, 0.3) is 0 Å². The van der Waals surface area contributed by atoms with Crippen molar-refractivity contribution in [3.8, 4) is 11.5 Å². The number of hydrogen-bond acceptors (Lipinski definition) is 11. The van der Waals surface area contributed by atoms with Crippen LogP contribution in [0.15, 0.2) is 30.9 Å². The van der Waals surface area contributed by atoms with E-state index in [0.717, 1.165) is 5.56 Å². The van der Waals surface area contributed by atoms with E-state index in [4.69, 9.17) is 18.9 Å². The van der Waals surface area contributed by atoms with Crippen molar-refractivity contribution in [2.24, 2.45) is 0 Å². The Balaban J connectivity index is 1.66. The van der Waals surface area contributed by atoms with Gasteiger partial charge in [0.15, 0.2) is 17.8 Å². The van der Waals surface area contributed by atoms with E-state index in [1.165, 1.54) is 19.1 Å². The fourth-order valence-electron chi connectivity index (χ4n) is 3.57. The van der Waals surface area contributed by atoms with E-state index >= 15 is 0 Å². The number of aliphatic hydroxyl groups is 6. The van der Waals surface area contributed by atoms with Gasteiger partial charge in [0, 0.05) is 0 Å². The smallest absolute Gasteiger partial charge is 0.229 e. The molecule has 7 N–H and O–H groups in total. The van der Waals surface area contributed by atoms with Crippen molar-refractivity contribution in [1.29, 1.82) is 0 Å². The lowest BCUT2D eigenvalue weighted by molar-refractivity contribution is -0.318. The first-order valence-electron chi connectivity index (χ1n) is 10.2. The van der Waals surface area contributed by atoms with E-state index in [1.54, 1.807) is 12.1 Å². The van der Waals surface area contributed by atoms with E-state index in [9.17, 15) is 35.7 Å². The van der Waals surface area contributed by atoms with Crippen LogP contribution in [-0.4, -0.2) is 104 Å². The highest BCUT2D eigenvalue weighted by Crippen LogP contribution is 2.32. The number of benzene rings is 1. The second kappa shape index (κ2) is 10.4. The molecule has 0 unspecified atom stereocenters. The molecule has 0 aromatic heterocycles. The zero-order valence-corrected chi connectivity index (χ0v) is 17.5. The van der Waals surface area contributed by atoms with Gasteiger partial charge in [-0.25, -0.2) is 0 Å². The van der Waals surface area contributed by atoms with Gasteiger partial charge in [-0.15, -0.1) is 6.58 Å². The molecule has 0 bridgehead atoms. The van der Waals surface area contributed by atoms with Crippen molar-refractivity contribution in [1.82, 2.24) is 0 Å². The average molecular weight is 458 g/mol. The summed E-state index contributed by atoms with van der Waals surface area (Å²) in [5, 5.41) is 70.6. The number of rotatable bonds is 7. The summed E-state index contributed by atoms with van der Waals surface area (Å²) in [6.45, 7) is 4.70. The predicted octanol–water partition coefficient (Wildman–Crippen LogP) is -1.85. The van der Waals surface area contributed by atoms with E-state index in [0.29, 0.717) is 6.42 Å². The number of ether oxygens (including phenoxy) is 4. The average Bonchev–Trinajstić information content (AvgIpc) is 2.76. The molecule has 0 saturated carbocycles. The molecule has 0 aliphatic carbocycles. The van der Waals surface area contributed by atoms with Gasteiger partial charge in [0.2, 0.25) is 6.29 Å². The maximum atomic E-state index is 10.3. The quantitative estimate of drug-likeness (QED) is 0.228. The fraction of sp³-hybridized carbons (Fsp3) is 0.619. The van der Waals surface area contributed by atoms with Gasteiger partial charge >= 0.3 is 0 Å². The second-order valence-corrected chi connectivity index (χ2v) is 7.94. The summed E-state index contributed by atoms with van der Waals surface area (Å²) < 4.78 is 21.8. The molecule has 11 heteroatoms. The van der Waals surface area contributed by atoms with E-state index in [-0.39, 0.29) is 11.5 Å². The third-order valence-electron chi connectivity index (χ3n) is 5.55. The largest absolute Gasteiger partial charge is 0.504 e. The molecule has 2 aliphatic rings. The lowest BCUT2D eigenvalue weighted by Gasteiger charge is -2.42. The minimum absolute atomic E-state index is 0.0120. The van der Waals surface area contributed by atoms with E-state index in [1.807, 2.05) is 0 Å². The molecule has 3 rings (SSSR count). The summed E-state index contributed by atoms with van der Waals surface area (Å²) in [7, 11) is 0. The third-order valence-corrected chi connectivity index (χ3v) is 5.55. The summed E-state index contributed by atoms with van der Waals surface area (Å²) >= 11 is 0. The molecule has 2 heterocycles. The monoisotopic (exact) mass is 458 g/mol. The topological polar surface area (TPSA) is 179 Å². The normalized spacial score (nSPS) is 40.1. The van der Waals surface area contributed by atoms with Crippen LogP contribution in [0.5, 0.6) is 11.5 Å². The zero-order chi connectivity index (χ0) is 23.6. The Morgan fingerprint density at radius 1 is 0.906 bits per heavy atom. The molecular formula is C21H30O11. The predicted molar refractivity (Wildman–Crippen MR) is 108 cm³/mol. The first kappa shape index (κ1) is 24.8. The van der Waals surface area contributed by atoms with Gasteiger partial charge < -0.3 is 54.7 Å². The van der Waals surface area contributed by atoms with Crippen molar-refractivity contribution in [3.05, 3.63) is 36.4 Å². The molecule has 2 fully saturated rings. The van der Waals surface area contributed by atoms with Crippen LogP contribution in [0.2, 0.25) is 0 Å². The molecule has 2 aliphatic heterocycles. The van der Waals surface area contributed by atoms with Gasteiger partial charge in [-0.1, -0.05) is 12.1 Å². The second-order valence-electron chi connectivity index (χ2n) is 7.94. The fourth-order valence-corrected chi connectivity index (χ4v) is 3.57. The summed E-state index contributed by atoms with van der Waals surface area (Å²) in [5.41, 5.74) is 0.782. The summed E-state index contributed by atoms with van der Waals surface area (Å²) in [6.07, 6.45) is -11.9. The molecule has 0 amide bonds.